The van der Waals surface area contributed by atoms with E-state index in [9.17, 15) is 0 Å². The molecular weight excluding hydrogens is 151 g/mol. The maximum atomic E-state index is 2.30. The molecule has 0 nitrogen and oxygen atoms in total. The zero-order valence-corrected chi connectivity index (χ0v) is 7.59. The number of allylic oxidation sites excluding steroid dienone is 8. The molecule has 0 fully saturated rings. The van der Waals surface area contributed by atoms with E-state index in [1.165, 1.54) is 22.6 Å². The molecule has 1 unspecified atom stereocenters. The van der Waals surface area contributed by atoms with Crippen molar-refractivity contribution in [3.8, 4) is 0 Å². The van der Waals surface area contributed by atoms with Crippen LogP contribution in [-0.2, 0) is 0 Å². The van der Waals surface area contributed by atoms with Crippen LogP contribution in [0, 0.1) is 0 Å². The van der Waals surface area contributed by atoms with Crippen molar-refractivity contribution >= 4 is 8.58 Å². The summed E-state index contributed by atoms with van der Waals surface area (Å²) >= 11 is 0. The van der Waals surface area contributed by atoms with Crippen LogP contribution >= 0.6 is 8.58 Å². The van der Waals surface area contributed by atoms with Crippen LogP contribution in [0.15, 0.2) is 46.8 Å². The second kappa shape index (κ2) is 2.79. The van der Waals surface area contributed by atoms with Gasteiger partial charge in [0.15, 0.2) is 0 Å². The van der Waals surface area contributed by atoms with Gasteiger partial charge in [-0.1, -0.05) is 33.7 Å². The van der Waals surface area contributed by atoms with Crippen molar-refractivity contribution in [3.05, 3.63) is 46.8 Å². The highest BCUT2D eigenvalue weighted by Crippen LogP contribution is 2.36. The third-order valence-corrected chi connectivity index (χ3v) is 2.94. The maximum absolute atomic E-state index is 2.30. The molecule has 2 aliphatic rings. The van der Waals surface area contributed by atoms with Crippen LogP contribution in [0.4, 0.5) is 0 Å². The third-order valence-electron chi connectivity index (χ3n) is 1.89. The van der Waals surface area contributed by atoms with Gasteiger partial charge in [-0.05, 0) is 34.8 Å². The van der Waals surface area contributed by atoms with Crippen LogP contribution < -0.4 is 0 Å². The van der Waals surface area contributed by atoms with E-state index < -0.39 is 0 Å². The van der Waals surface area contributed by atoms with Crippen molar-refractivity contribution < 1.29 is 0 Å². The minimum Gasteiger partial charge on any atom is -0.0906 e. The zero-order chi connectivity index (χ0) is 7.68. The van der Waals surface area contributed by atoms with E-state index in [4.69, 9.17) is 0 Å². The Kier molecular flexibility index (Phi) is 1.79. The first-order valence-electron chi connectivity index (χ1n) is 3.96. The van der Waals surface area contributed by atoms with Crippen LogP contribution in [0.5, 0.6) is 0 Å². The summed E-state index contributed by atoms with van der Waals surface area (Å²) in [6, 6.07) is 0. The van der Waals surface area contributed by atoms with E-state index in [-0.39, 0.29) is 0 Å². The smallest absolute Gasteiger partial charge is 0.0178 e. The third kappa shape index (κ3) is 1.23. The van der Waals surface area contributed by atoms with Gasteiger partial charge in [0.25, 0.3) is 0 Å². The minimum atomic E-state index is 0.987. The largest absolute Gasteiger partial charge is 0.0906 e. The van der Waals surface area contributed by atoms with Crippen molar-refractivity contribution in [2.24, 2.45) is 0 Å². The van der Waals surface area contributed by atoms with Crippen molar-refractivity contribution in [1.29, 1.82) is 0 Å². The summed E-state index contributed by atoms with van der Waals surface area (Å²) in [5.74, 6) is 0. The van der Waals surface area contributed by atoms with Gasteiger partial charge in [0.1, 0.15) is 0 Å². The van der Waals surface area contributed by atoms with Gasteiger partial charge in [-0.2, -0.15) is 0 Å². The SMILES string of the molecule is CCPC1=CC2=CC=CC2=C1. The van der Waals surface area contributed by atoms with Gasteiger partial charge in [0.2, 0.25) is 0 Å². The minimum absolute atomic E-state index is 0.987. The Balaban J connectivity index is 2.20. The average Bonchev–Trinajstić information content (AvgIpc) is 2.46. The Labute approximate surface area is 69.2 Å². The Bertz CT molecular complexity index is 290. The molecular formula is C10H11P. The highest BCUT2D eigenvalue weighted by Gasteiger charge is 2.11. The predicted octanol–water partition coefficient (Wildman–Crippen LogP) is 3.00. The van der Waals surface area contributed by atoms with E-state index in [0.717, 1.165) is 8.58 Å². The van der Waals surface area contributed by atoms with Crippen molar-refractivity contribution in [2.75, 3.05) is 6.16 Å². The van der Waals surface area contributed by atoms with Crippen LogP contribution in [0.2, 0.25) is 0 Å². The molecule has 0 spiro atoms. The van der Waals surface area contributed by atoms with E-state index in [1.807, 2.05) is 0 Å². The van der Waals surface area contributed by atoms with Gasteiger partial charge in [-0.3, -0.25) is 0 Å². The van der Waals surface area contributed by atoms with Crippen LogP contribution in [0.3, 0.4) is 0 Å². The van der Waals surface area contributed by atoms with E-state index in [2.05, 4.69) is 37.3 Å². The highest BCUT2D eigenvalue weighted by molar-refractivity contribution is 7.43. The Morgan fingerprint density at radius 1 is 1.27 bits per heavy atom. The number of rotatable bonds is 2. The molecule has 56 valence electrons. The zero-order valence-electron chi connectivity index (χ0n) is 6.59. The predicted molar refractivity (Wildman–Crippen MR) is 52.2 cm³/mol. The Hall–Kier alpha value is -0.610. The molecule has 0 aliphatic heterocycles. The summed E-state index contributed by atoms with van der Waals surface area (Å²) in [5, 5.41) is 1.51. The quantitative estimate of drug-likeness (QED) is 0.547. The van der Waals surface area contributed by atoms with E-state index >= 15 is 0 Å². The molecule has 0 amide bonds. The number of fused-ring (bicyclic) bond motifs is 1. The Morgan fingerprint density at radius 2 is 2.18 bits per heavy atom. The average molecular weight is 162 g/mol. The molecule has 0 bridgehead atoms. The summed E-state index contributed by atoms with van der Waals surface area (Å²) in [6.45, 7) is 2.23. The molecule has 2 rings (SSSR count). The summed E-state index contributed by atoms with van der Waals surface area (Å²) < 4.78 is 0. The summed E-state index contributed by atoms with van der Waals surface area (Å²) in [5.41, 5.74) is 2.81. The molecule has 0 N–H and O–H groups in total. The molecule has 11 heavy (non-hydrogen) atoms. The fourth-order valence-electron chi connectivity index (χ4n) is 1.39. The van der Waals surface area contributed by atoms with Gasteiger partial charge >= 0.3 is 0 Å². The van der Waals surface area contributed by atoms with Gasteiger partial charge in [-0.15, -0.1) is 0 Å². The molecule has 0 aromatic rings. The first-order valence-corrected chi connectivity index (χ1v) is 5.17. The van der Waals surface area contributed by atoms with Crippen molar-refractivity contribution in [1.82, 2.24) is 0 Å². The lowest BCUT2D eigenvalue weighted by Crippen LogP contribution is -1.67. The summed E-state index contributed by atoms with van der Waals surface area (Å²) in [7, 11) is 0.987. The standard InChI is InChI=1S/C10H11P/c1-2-11-10-6-8-4-3-5-9(8)7-10/h3-7,11H,2H2,1H3. The summed E-state index contributed by atoms with van der Waals surface area (Å²) in [4.78, 5) is 0. The first-order chi connectivity index (χ1) is 5.40. The maximum Gasteiger partial charge on any atom is -0.0178 e. The highest BCUT2D eigenvalue weighted by atomic mass is 31.1. The number of hydrogen-bond donors (Lipinski definition) is 0. The molecule has 0 saturated heterocycles. The van der Waals surface area contributed by atoms with Gasteiger partial charge in [-0.25, -0.2) is 0 Å². The number of hydrogen-bond acceptors (Lipinski definition) is 0. The second-order valence-corrected chi connectivity index (χ2v) is 4.35. The lowest BCUT2D eigenvalue weighted by Gasteiger charge is -1.91. The Morgan fingerprint density at radius 3 is 2.91 bits per heavy atom. The van der Waals surface area contributed by atoms with Gasteiger partial charge < -0.3 is 0 Å². The molecule has 0 aromatic heterocycles. The van der Waals surface area contributed by atoms with E-state index in [1.54, 1.807) is 0 Å². The van der Waals surface area contributed by atoms with E-state index in [0.29, 0.717) is 0 Å². The lowest BCUT2D eigenvalue weighted by molar-refractivity contribution is 1.52. The lowest BCUT2D eigenvalue weighted by atomic mass is 10.2. The molecule has 0 heterocycles. The molecule has 0 radical (unpaired) electrons. The first kappa shape index (κ1) is 7.06. The molecule has 1 heteroatoms. The van der Waals surface area contributed by atoms with Gasteiger partial charge in [0.05, 0.1) is 0 Å². The fourth-order valence-corrected chi connectivity index (χ4v) is 2.32. The molecule has 2 aliphatic carbocycles. The topological polar surface area (TPSA) is 0 Å². The van der Waals surface area contributed by atoms with Gasteiger partial charge in [0, 0.05) is 0 Å². The van der Waals surface area contributed by atoms with Crippen molar-refractivity contribution in [2.45, 2.75) is 6.92 Å². The van der Waals surface area contributed by atoms with Crippen LogP contribution in [0.25, 0.3) is 0 Å². The summed E-state index contributed by atoms with van der Waals surface area (Å²) in [6.07, 6.45) is 12.3. The molecule has 0 saturated carbocycles. The molecule has 0 aromatic carbocycles. The normalized spacial score (nSPS) is 20.6. The second-order valence-electron chi connectivity index (χ2n) is 2.71. The van der Waals surface area contributed by atoms with Crippen molar-refractivity contribution in [3.63, 3.8) is 0 Å². The van der Waals surface area contributed by atoms with Crippen LogP contribution in [0.1, 0.15) is 6.92 Å². The van der Waals surface area contributed by atoms with Crippen LogP contribution in [-0.4, -0.2) is 6.16 Å². The monoisotopic (exact) mass is 162 g/mol. The fraction of sp³-hybridized carbons (Fsp3) is 0.200. The molecule has 1 atom stereocenters.